The molecule has 0 aromatic heterocycles. The summed E-state index contributed by atoms with van der Waals surface area (Å²) in [7, 11) is 0. The zero-order valence-corrected chi connectivity index (χ0v) is 17.3. The average Bonchev–Trinajstić information content (AvgIpc) is 2.75. The second-order valence-electron chi connectivity index (χ2n) is 8.25. The first-order valence-electron chi connectivity index (χ1n) is 10.6. The third kappa shape index (κ3) is 4.91. The molecule has 2 aromatic carbocycles. The Morgan fingerprint density at radius 2 is 1.76 bits per heavy atom. The largest absolute Gasteiger partial charge is 0.486 e. The third-order valence-corrected chi connectivity index (χ3v) is 5.91. The highest BCUT2D eigenvalue weighted by Crippen LogP contribution is 2.32. The van der Waals surface area contributed by atoms with E-state index >= 15 is 0 Å². The number of carbonyl (C=O) groups excluding carboxylic acids is 1. The fourth-order valence-electron chi connectivity index (χ4n) is 3.93. The number of hydrogen-bond acceptors (Lipinski definition) is 4. The number of piperidine rings is 1. The minimum absolute atomic E-state index is 0.0641. The molecule has 0 unspecified atom stereocenters. The molecule has 0 spiro atoms. The minimum atomic E-state index is -0.117. The predicted octanol–water partition coefficient (Wildman–Crippen LogP) is 4.18. The second-order valence-corrected chi connectivity index (χ2v) is 8.25. The Kier molecular flexibility index (Phi) is 6.05. The van der Waals surface area contributed by atoms with E-state index in [-0.39, 0.29) is 11.9 Å². The molecule has 5 heteroatoms. The van der Waals surface area contributed by atoms with Gasteiger partial charge in [0.25, 0.3) is 5.91 Å². The molecule has 5 nitrogen and oxygen atoms in total. The van der Waals surface area contributed by atoms with Crippen LogP contribution in [-0.2, 0) is 6.54 Å². The van der Waals surface area contributed by atoms with Crippen LogP contribution in [0.1, 0.15) is 54.2 Å². The molecule has 0 saturated carbocycles. The van der Waals surface area contributed by atoms with Crippen LogP contribution in [-0.4, -0.2) is 37.1 Å². The predicted molar refractivity (Wildman–Crippen MR) is 113 cm³/mol. The van der Waals surface area contributed by atoms with Crippen LogP contribution in [0.5, 0.6) is 11.5 Å². The van der Waals surface area contributed by atoms with E-state index in [0.717, 1.165) is 42.6 Å². The Hall–Kier alpha value is -2.53. The zero-order valence-electron chi connectivity index (χ0n) is 17.3. The van der Waals surface area contributed by atoms with Gasteiger partial charge in [-0.05, 0) is 74.2 Å². The first-order valence-corrected chi connectivity index (χ1v) is 10.6. The van der Waals surface area contributed by atoms with Gasteiger partial charge >= 0.3 is 0 Å². The van der Waals surface area contributed by atoms with Crippen molar-refractivity contribution in [1.82, 2.24) is 10.2 Å². The summed E-state index contributed by atoms with van der Waals surface area (Å²) in [6, 6.07) is 13.7. The molecule has 154 valence electrons. The molecule has 1 saturated heterocycles. The van der Waals surface area contributed by atoms with Gasteiger partial charge in [0, 0.05) is 12.1 Å². The molecule has 1 N–H and O–H groups in total. The lowest BCUT2D eigenvalue weighted by atomic mass is 9.99. The van der Waals surface area contributed by atoms with Crippen molar-refractivity contribution in [2.75, 3.05) is 26.3 Å². The summed E-state index contributed by atoms with van der Waals surface area (Å²) in [5, 5.41) is 3.08. The second kappa shape index (κ2) is 8.87. The highest BCUT2D eigenvalue weighted by atomic mass is 16.6. The highest BCUT2D eigenvalue weighted by Gasteiger charge is 2.18. The number of likely N-dealkylation sites (tertiary alicyclic amines) is 1. The fourth-order valence-corrected chi connectivity index (χ4v) is 3.93. The van der Waals surface area contributed by atoms with E-state index < -0.39 is 0 Å². The molecule has 2 aliphatic rings. The van der Waals surface area contributed by atoms with Gasteiger partial charge < -0.3 is 14.8 Å². The molecule has 2 aromatic rings. The van der Waals surface area contributed by atoms with E-state index in [1.54, 1.807) is 0 Å². The number of hydrogen-bond donors (Lipinski definition) is 1. The first kappa shape index (κ1) is 19.8. The van der Waals surface area contributed by atoms with Crippen molar-refractivity contribution in [3.05, 3.63) is 59.2 Å². The molecular formula is C24H30N2O3. The molecule has 2 heterocycles. The molecule has 29 heavy (non-hydrogen) atoms. The molecular weight excluding hydrogens is 364 g/mol. The topological polar surface area (TPSA) is 50.8 Å². The molecule has 1 amide bonds. The molecule has 0 bridgehead atoms. The summed E-state index contributed by atoms with van der Waals surface area (Å²) in [4.78, 5) is 15.2. The molecule has 1 fully saturated rings. The number of fused-ring (bicyclic) bond motifs is 1. The minimum Gasteiger partial charge on any atom is -0.486 e. The lowest BCUT2D eigenvalue weighted by Crippen LogP contribution is -2.32. The van der Waals surface area contributed by atoms with Crippen molar-refractivity contribution in [1.29, 1.82) is 0 Å². The van der Waals surface area contributed by atoms with Crippen molar-refractivity contribution in [3.8, 4) is 11.5 Å². The molecule has 0 aliphatic carbocycles. The van der Waals surface area contributed by atoms with Crippen LogP contribution in [0.25, 0.3) is 0 Å². The van der Waals surface area contributed by atoms with E-state index in [1.807, 2.05) is 37.3 Å². The Labute approximate surface area is 173 Å². The van der Waals surface area contributed by atoms with Crippen LogP contribution >= 0.6 is 0 Å². The number of ether oxygens (including phenoxy) is 2. The lowest BCUT2D eigenvalue weighted by Gasteiger charge is -2.30. The quantitative estimate of drug-likeness (QED) is 0.827. The van der Waals surface area contributed by atoms with Crippen LogP contribution < -0.4 is 14.8 Å². The van der Waals surface area contributed by atoms with E-state index in [2.05, 4.69) is 29.3 Å². The zero-order chi connectivity index (χ0) is 20.2. The van der Waals surface area contributed by atoms with Gasteiger partial charge in [0.05, 0.1) is 6.04 Å². The normalized spacial score (nSPS) is 18.3. The van der Waals surface area contributed by atoms with Crippen LogP contribution in [0.3, 0.4) is 0 Å². The smallest absolute Gasteiger partial charge is 0.251 e. The van der Waals surface area contributed by atoms with Crippen molar-refractivity contribution in [2.24, 2.45) is 5.92 Å². The maximum Gasteiger partial charge on any atom is 0.251 e. The Bertz CT molecular complexity index is 842. The summed E-state index contributed by atoms with van der Waals surface area (Å²) < 4.78 is 11.2. The molecule has 4 rings (SSSR count). The van der Waals surface area contributed by atoms with Crippen LogP contribution in [0, 0.1) is 5.92 Å². The van der Waals surface area contributed by atoms with Gasteiger partial charge in [-0.15, -0.1) is 0 Å². The maximum atomic E-state index is 12.7. The van der Waals surface area contributed by atoms with E-state index in [0.29, 0.717) is 18.8 Å². The number of amides is 1. The van der Waals surface area contributed by atoms with Crippen molar-refractivity contribution >= 4 is 5.91 Å². The Morgan fingerprint density at radius 1 is 1.07 bits per heavy atom. The van der Waals surface area contributed by atoms with Gasteiger partial charge in [0.2, 0.25) is 0 Å². The number of rotatable bonds is 5. The van der Waals surface area contributed by atoms with E-state index in [4.69, 9.17) is 9.47 Å². The third-order valence-electron chi connectivity index (χ3n) is 5.91. The number of benzene rings is 2. The van der Waals surface area contributed by atoms with Gasteiger partial charge in [0.1, 0.15) is 13.2 Å². The SMILES string of the molecule is CC1CCN(Cc2ccc(C(=O)N[C@@H](C)c3ccc4c(c3)OCCO4)cc2)CC1. The van der Waals surface area contributed by atoms with Gasteiger partial charge in [-0.2, -0.15) is 0 Å². The Balaban J connectivity index is 1.34. The van der Waals surface area contributed by atoms with Crippen LogP contribution in [0.15, 0.2) is 42.5 Å². The number of nitrogens with zero attached hydrogens (tertiary/aromatic N) is 1. The van der Waals surface area contributed by atoms with Crippen LogP contribution in [0.2, 0.25) is 0 Å². The van der Waals surface area contributed by atoms with E-state index in [1.165, 1.54) is 18.4 Å². The van der Waals surface area contributed by atoms with E-state index in [9.17, 15) is 4.79 Å². The summed E-state index contributed by atoms with van der Waals surface area (Å²) in [6.07, 6.45) is 2.55. The van der Waals surface area contributed by atoms with Crippen LogP contribution in [0.4, 0.5) is 0 Å². The van der Waals surface area contributed by atoms with Gasteiger partial charge in [0.15, 0.2) is 11.5 Å². The molecule has 2 aliphatic heterocycles. The monoisotopic (exact) mass is 394 g/mol. The number of nitrogens with one attached hydrogen (secondary N) is 1. The standard InChI is InChI=1S/C24H30N2O3/c1-17-9-11-26(12-10-17)16-19-3-5-20(6-4-19)24(27)25-18(2)21-7-8-22-23(15-21)29-14-13-28-22/h3-8,15,17-18H,9-14,16H2,1-2H3,(H,25,27)/t18-/m0/s1. The molecule has 1 atom stereocenters. The number of carbonyl (C=O) groups is 1. The van der Waals surface area contributed by atoms with Gasteiger partial charge in [-0.3, -0.25) is 9.69 Å². The summed E-state index contributed by atoms with van der Waals surface area (Å²) in [5.74, 6) is 2.28. The van der Waals surface area contributed by atoms with Gasteiger partial charge in [-0.25, -0.2) is 0 Å². The maximum absolute atomic E-state index is 12.7. The lowest BCUT2D eigenvalue weighted by molar-refractivity contribution is 0.0939. The first-order chi connectivity index (χ1) is 14.1. The van der Waals surface area contributed by atoms with Gasteiger partial charge in [-0.1, -0.05) is 25.1 Å². The fraction of sp³-hybridized carbons (Fsp3) is 0.458. The molecule has 0 radical (unpaired) electrons. The van der Waals surface area contributed by atoms with Crippen molar-refractivity contribution in [2.45, 2.75) is 39.3 Å². The average molecular weight is 395 g/mol. The van der Waals surface area contributed by atoms with Crippen molar-refractivity contribution in [3.63, 3.8) is 0 Å². The summed E-state index contributed by atoms with van der Waals surface area (Å²) in [6.45, 7) is 8.73. The van der Waals surface area contributed by atoms with Crippen molar-refractivity contribution < 1.29 is 14.3 Å². The Morgan fingerprint density at radius 3 is 2.48 bits per heavy atom. The summed E-state index contributed by atoms with van der Waals surface area (Å²) >= 11 is 0. The highest BCUT2D eigenvalue weighted by molar-refractivity contribution is 5.94. The summed E-state index contributed by atoms with van der Waals surface area (Å²) in [5.41, 5.74) is 2.94.